The van der Waals surface area contributed by atoms with E-state index in [2.05, 4.69) is 0 Å². The smallest absolute Gasteiger partial charge is 0.410 e. The minimum Gasteiger partial charge on any atom is -0.480 e. The second-order valence-electron chi connectivity index (χ2n) is 3.58. The molecular weight excluding hydrogens is 224 g/mol. The Kier molecular flexibility index (Phi) is 7.52. The molecule has 6 heteroatoms. The van der Waals surface area contributed by atoms with Crippen molar-refractivity contribution in [2.24, 2.45) is 0 Å². The molecule has 96 valence electrons. The number of carboxylic acids is 1. The summed E-state index contributed by atoms with van der Waals surface area (Å²) < 4.78 is 4.93. The van der Waals surface area contributed by atoms with Gasteiger partial charge in [0.1, 0.15) is 6.04 Å². The lowest BCUT2D eigenvalue weighted by Crippen LogP contribution is -2.44. The van der Waals surface area contributed by atoms with Gasteiger partial charge in [-0.3, -0.25) is 4.90 Å². The molecule has 1 atom stereocenters. The molecule has 6 nitrogen and oxygen atoms in total. The standard InChI is InChI=1S/C11H18N2O4/c1-3-4-8-17-11(16)13(7-5-6-12)9(2)10(14)15/h9H,3-5,7-8H2,1-2H3,(H,14,15). The molecule has 0 fully saturated rings. The lowest BCUT2D eigenvalue weighted by Gasteiger charge is -2.24. The summed E-state index contributed by atoms with van der Waals surface area (Å²) in [4.78, 5) is 23.5. The Morgan fingerprint density at radius 1 is 1.53 bits per heavy atom. The molecule has 0 spiro atoms. The molecule has 0 aromatic heterocycles. The highest BCUT2D eigenvalue weighted by Gasteiger charge is 2.26. The van der Waals surface area contributed by atoms with Crippen LogP contribution in [-0.2, 0) is 9.53 Å². The van der Waals surface area contributed by atoms with Crippen molar-refractivity contribution in [1.29, 1.82) is 5.26 Å². The van der Waals surface area contributed by atoms with Crippen molar-refractivity contribution >= 4 is 12.1 Å². The van der Waals surface area contributed by atoms with Crippen molar-refractivity contribution in [2.75, 3.05) is 13.2 Å². The quantitative estimate of drug-likeness (QED) is 0.685. The normalized spacial score (nSPS) is 11.4. The summed E-state index contributed by atoms with van der Waals surface area (Å²) in [5.41, 5.74) is 0. The molecule has 0 aromatic rings. The van der Waals surface area contributed by atoms with E-state index in [4.69, 9.17) is 15.1 Å². The van der Waals surface area contributed by atoms with E-state index in [0.717, 1.165) is 17.7 Å². The van der Waals surface area contributed by atoms with E-state index in [-0.39, 0.29) is 19.6 Å². The van der Waals surface area contributed by atoms with Crippen LogP contribution in [0.5, 0.6) is 0 Å². The van der Waals surface area contributed by atoms with Crippen molar-refractivity contribution in [1.82, 2.24) is 4.90 Å². The van der Waals surface area contributed by atoms with Crippen LogP contribution in [0.25, 0.3) is 0 Å². The molecule has 1 unspecified atom stereocenters. The maximum Gasteiger partial charge on any atom is 0.410 e. The number of carbonyl (C=O) groups is 2. The number of hydrogen-bond donors (Lipinski definition) is 1. The van der Waals surface area contributed by atoms with Gasteiger partial charge >= 0.3 is 12.1 Å². The van der Waals surface area contributed by atoms with Gasteiger partial charge in [-0.1, -0.05) is 13.3 Å². The fraction of sp³-hybridized carbons (Fsp3) is 0.727. The van der Waals surface area contributed by atoms with Crippen LogP contribution in [0.1, 0.15) is 33.1 Å². The predicted octanol–water partition coefficient (Wildman–Crippen LogP) is 1.61. The van der Waals surface area contributed by atoms with Crippen LogP contribution < -0.4 is 0 Å². The Morgan fingerprint density at radius 3 is 2.65 bits per heavy atom. The predicted molar refractivity (Wildman–Crippen MR) is 60.3 cm³/mol. The highest BCUT2D eigenvalue weighted by Crippen LogP contribution is 2.05. The Hall–Kier alpha value is -1.77. The Bertz CT molecular complexity index is 298. The van der Waals surface area contributed by atoms with Gasteiger partial charge in [0.2, 0.25) is 0 Å². The summed E-state index contributed by atoms with van der Waals surface area (Å²) in [6, 6.07) is 0.883. The molecule has 0 aromatic carbocycles. The van der Waals surface area contributed by atoms with E-state index < -0.39 is 18.1 Å². The lowest BCUT2D eigenvalue weighted by atomic mass is 10.3. The second kappa shape index (κ2) is 8.39. The van der Waals surface area contributed by atoms with Crippen LogP contribution in [0.2, 0.25) is 0 Å². The number of unbranched alkanes of at least 4 members (excludes halogenated alkanes) is 1. The highest BCUT2D eigenvalue weighted by molar-refractivity contribution is 5.79. The minimum absolute atomic E-state index is 0.0644. The molecule has 0 aliphatic carbocycles. The van der Waals surface area contributed by atoms with E-state index in [1.54, 1.807) is 0 Å². The molecular formula is C11H18N2O4. The van der Waals surface area contributed by atoms with Crippen LogP contribution in [0, 0.1) is 11.3 Å². The average Bonchev–Trinajstić information content (AvgIpc) is 2.29. The zero-order chi connectivity index (χ0) is 13.3. The Labute approximate surface area is 101 Å². The molecule has 0 saturated carbocycles. The van der Waals surface area contributed by atoms with Gasteiger partial charge in [-0.15, -0.1) is 0 Å². The first-order valence-electron chi connectivity index (χ1n) is 5.57. The molecule has 0 saturated heterocycles. The first kappa shape index (κ1) is 15.2. The van der Waals surface area contributed by atoms with Gasteiger partial charge in [-0.05, 0) is 13.3 Å². The van der Waals surface area contributed by atoms with Gasteiger partial charge in [0, 0.05) is 6.54 Å². The maximum absolute atomic E-state index is 11.6. The summed E-state index contributed by atoms with van der Waals surface area (Å²) in [6.07, 6.45) is 1.03. The van der Waals surface area contributed by atoms with Gasteiger partial charge in [-0.25, -0.2) is 9.59 Å². The summed E-state index contributed by atoms with van der Waals surface area (Å²) in [5.74, 6) is -1.12. The van der Waals surface area contributed by atoms with Crippen molar-refractivity contribution < 1.29 is 19.4 Å². The highest BCUT2D eigenvalue weighted by atomic mass is 16.6. The van der Waals surface area contributed by atoms with Crippen molar-refractivity contribution in [3.05, 3.63) is 0 Å². The van der Waals surface area contributed by atoms with Crippen LogP contribution >= 0.6 is 0 Å². The number of amides is 1. The van der Waals surface area contributed by atoms with E-state index >= 15 is 0 Å². The number of carbonyl (C=O) groups excluding carboxylic acids is 1. The molecule has 0 aliphatic heterocycles. The van der Waals surface area contributed by atoms with Crippen molar-refractivity contribution in [3.63, 3.8) is 0 Å². The Morgan fingerprint density at radius 2 is 2.18 bits per heavy atom. The number of nitriles is 1. The lowest BCUT2D eigenvalue weighted by molar-refractivity contribution is -0.142. The van der Waals surface area contributed by atoms with Gasteiger partial charge < -0.3 is 9.84 Å². The maximum atomic E-state index is 11.6. The monoisotopic (exact) mass is 242 g/mol. The largest absolute Gasteiger partial charge is 0.480 e. The fourth-order valence-corrected chi connectivity index (χ4v) is 1.13. The van der Waals surface area contributed by atoms with Gasteiger partial charge in [0.25, 0.3) is 0 Å². The second-order valence-corrected chi connectivity index (χ2v) is 3.58. The average molecular weight is 242 g/mol. The van der Waals surface area contributed by atoms with Crippen LogP contribution in [0.3, 0.4) is 0 Å². The minimum atomic E-state index is -1.12. The Balaban J connectivity index is 4.40. The first-order valence-corrected chi connectivity index (χ1v) is 5.57. The van der Waals surface area contributed by atoms with Crippen LogP contribution in [0.4, 0.5) is 4.79 Å². The molecule has 0 aliphatic rings. The third-order valence-corrected chi connectivity index (χ3v) is 2.25. The van der Waals surface area contributed by atoms with Gasteiger partial charge in [0.15, 0.2) is 0 Å². The summed E-state index contributed by atoms with van der Waals surface area (Å²) in [7, 11) is 0. The van der Waals surface area contributed by atoms with E-state index in [1.165, 1.54) is 6.92 Å². The van der Waals surface area contributed by atoms with Crippen LogP contribution in [-0.4, -0.2) is 41.3 Å². The van der Waals surface area contributed by atoms with E-state index in [1.807, 2.05) is 13.0 Å². The van der Waals surface area contributed by atoms with E-state index in [0.29, 0.717) is 0 Å². The van der Waals surface area contributed by atoms with E-state index in [9.17, 15) is 9.59 Å². The van der Waals surface area contributed by atoms with Crippen LogP contribution in [0.15, 0.2) is 0 Å². The molecule has 0 heterocycles. The number of carboxylic acid groups (broad SMARTS) is 1. The third kappa shape index (κ3) is 5.76. The number of hydrogen-bond acceptors (Lipinski definition) is 4. The third-order valence-electron chi connectivity index (χ3n) is 2.25. The first-order chi connectivity index (χ1) is 8.04. The SMILES string of the molecule is CCCCOC(=O)N(CCC#N)C(C)C(=O)O. The summed E-state index contributed by atoms with van der Waals surface area (Å²) in [6.45, 7) is 3.68. The zero-order valence-electron chi connectivity index (χ0n) is 10.2. The number of aliphatic carboxylic acids is 1. The van der Waals surface area contributed by atoms with Crippen molar-refractivity contribution in [2.45, 2.75) is 39.2 Å². The molecule has 0 bridgehead atoms. The molecule has 1 N–H and O–H groups in total. The summed E-state index contributed by atoms with van der Waals surface area (Å²) in [5, 5.41) is 17.3. The molecule has 1 amide bonds. The molecule has 0 radical (unpaired) electrons. The molecule has 17 heavy (non-hydrogen) atoms. The summed E-state index contributed by atoms with van der Waals surface area (Å²) >= 11 is 0. The zero-order valence-corrected chi connectivity index (χ0v) is 10.2. The number of rotatable bonds is 7. The number of nitrogens with zero attached hydrogens (tertiary/aromatic N) is 2. The van der Waals surface area contributed by atoms with Gasteiger partial charge in [0.05, 0.1) is 19.1 Å². The van der Waals surface area contributed by atoms with Gasteiger partial charge in [-0.2, -0.15) is 5.26 Å². The molecule has 0 rings (SSSR count). The number of ether oxygens (including phenoxy) is 1. The fourth-order valence-electron chi connectivity index (χ4n) is 1.13. The topological polar surface area (TPSA) is 90.6 Å². The van der Waals surface area contributed by atoms with Crippen molar-refractivity contribution in [3.8, 4) is 6.07 Å².